The van der Waals surface area contributed by atoms with Crippen LogP contribution in [0.1, 0.15) is 53.6 Å². The van der Waals surface area contributed by atoms with Gasteiger partial charge in [0.1, 0.15) is 11.4 Å². The van der Waals surface area contributed by atoms with Crippen molar-refractivity contribution in [2.45, 2.75) is 57.7 Å². The molecule has 2 heterocycles. The van der Waals surface area contributed by atoms with E-state index >= 15 is 0 Å². The molecule has 0 bridgehead atoms. The third kappa shape index (κ3) is 6.20. The monoisotopic (exact) mass is 533 g/mol. The van der Waals surface area contributed by atoms with Gasteiger partial charge in [0, 0.05) is 43.6 Å². The molecule has 194 valence electrons. The maximum atomic E-state index is 13.3. The molecule has 2 saturated carbocycles. The molecule has 3 unspecified atom stereocenters. The number of aryl methyl sites for hydroxylation is 1. The molecule has 3 atom stereocenters. The zero-order valence-electron chi connectivity index (χ0n) is 20.6. The van der Waals surface area contributed by atoms with Crippen LogP contribution in [-0.4, -0.2) is 52.7 Å². The number of carbonyl (C=O) groups is 1. The third-order valence-electron chi connectivity index (χ3n) is 7.33. The minimum Gasteiger partial charge on any atom is -0.365 e. The lowest BCUT2D eigenvalue weighted by atomic mass is 9.93. The fraction of sp³-hybridized carbons (Fsp3) is 0.560. The predicted octanol–water partition coefficient (Wildman–Crippen LogP) is 4.38. The van der Waals surface area contributed by atoms with E-state index in [-0.39, 0.29) is 18.1 Å². The molecule has 9 nitrogen and oxygen atoms in total. The van der Waals surface area contributed by atoms with Gasteiger partial charge in [0.2, 0.25) is 5.95 Å². The molecule has 0 spiro atoms. The van der Waals surface area contributed by atoms with Crippen molar-refractivity contribution in [2.24, 2.45) is 11.8 Å². The molecular weight excluding hydrogens is 501 g/mol. The lowest BCUT2D eigenvalue weighted by Crippen LogP contribution is -2.39. The molecule has 1 aromatic heterocycles. The number of benzene rings is 1. The van der Waals surface area contributed by atoms with Gasteiger partial charge in [-0.3, -0.25) is 9.36 Å². The van der Waals surface area contributed by atoms with Crippen molar-refractivity contribution in [1.82, 2.24) is 15.3 Å². The van der Waals surface area contributed by atoms with Crippen molar-refractivity contribution < 1.29 is 18.8 Å². The number of hydrogen-bond donors (Lipinski definition) is 3. The SMILES string of the molecule is Cc1ccc(CNc2nc(N3CC4CC4C3)ncc2C(=O)NC2CCC(OP(C)(=O)O)CC2)cc1Cl. The Morgan fingerprint density at radius 2 is 1.97 bits per heavy atom. The van der Waals surface area contributed by atoms with Gasteiger partial charge in [0.25, 0.3) is 5.91 Å². The van der Waals surface area contributed by atoms with Gasteiger partial charge in [0.15, 0.2) is 0 Å². The third-order valence-corrected chi connectivity index (χ3v) is 8.43. The number of rotatable bonds is 8. The van der Waals surface area contributed by atoms with Gasteiger partial charge in [0.05, 0.1) is 6.10 Å². The summed E-state index contributed by atoms with van der Waals surface area (Å²) in [6.45, 7) is 5.57. The number of hydrogen-bond acceptors (Lipinski definition) is 7. The maximum absolute atomic E-state index is 13.3. The molecule has 1 aromatic carbocycles. The number of amides is 1. The highest BCUT2D eigenvalue weighted by Crippen LogP contribution is 2.46. The van der Waals surface area contributed by atoms with Gasteiger partial charge in [-0.1, -0.05) is 23.7 Å². The number of carbonyl (C=O) groups excluding carboxylic acids is 1. The first-order valence-corrected chi connectivity index (χ1v) is 15.0. The van der Waals surface area contributed by atoms with E-state index in [4.69, 9.17) is 21.1 Å². The van der Waals surface area contributed by atoms with E-state index in [0.717, 1.165) is 36.1 Å². The first-order chi connectivity index (χ1) is 17.1. The highest BCUT2D eigenvalue weighted by atomic mass is 35.5. The summed E-state index contributed by atoms with van der Waals surface area (Å²) in [6, 6.07) is 5.86. The highest BCUT2D eigenvalue weighted by molar-refractivity contribution is 7.51. The van der Waals surface area contributed by atoms with E-state index in [9.17, 15) is 14.3 Å². The average molecular weight is 534 g/mol. The Morgan fingerprint density at radius 1 is 1.25 bits per heavy atom. The minimum absolute atomic E-state index is 0.0404. The predicted molar refractivity (Wildman–Crippen MR) is 140 cm³/mol. The molecule has 36 heavy (non-hydrogen) atoms. The summed E-state index contributed by atoms with van der Waals surface area (Å²) >= 11 is 6.30. The summed E-state index contributed by atoms with van der Waals surface area (Å²) in [4.78, 5) is 34.2. The van der Waals surface area contributed by atoms with Crippen LogP contribution in [0, 0.1) is 18.8 Å². The van der Waals surface area contributed by atoms with Crippen LogP contribution in [0.3, 0.4) is 0 Å². The van der Waals surface area contributed by atoms with Crippen molar-refractivity contribution in [3.05, 3.63) is 46.1 Å². The number of nitrogens with zero attached hydrogens (tertiary/aromatic N) is 3. The molecule has 0 radical (unpaired) electrons. The molecule has 5 rings (SSSR count). The van der Waals surface area contributed by atoms with Crippen molar-refractivity contribution in [3.8, 4) is 0 Å². The van der Waals surface area contributed by atoms with E-state index in [1.54, 1.807) is 6.20 Å². The largest absolute Gasteiger partial charge is 0.365 e. The first-order valence-electron chi connectivity index (χ1n) is 12.5. The summed E-state index contributed by atoms with van der Waals surface area (Å²) in [6.07, 6.45) is 5.24. The molecule has 2 aliphatic carbocycles. The van der Waals surface area contributed by atoms with Gasteiger partial charge < -0.3 is 25.0 Å². The van der Waals surface area contributed by atoms with Crippen LogP contribution in [0.4, 0.5) is 11.8 Å². The fourth-order valence-corrected chi connectivity index (χ4v) is 6.14. The van der Waals surface area contributed by atoms with Gasteiger partial charge in [-0.2, -0.15) is 4.98 Å². The Morgan fingerprint density at radius 3 is 2.64 bits per heavy atom. The summed E-state index contributed by atoms with van der Waals surface area (Å²) < 4.78 is 16.8. The Bertz CT molecular complexity index is 1170. The number of aromatic nitrogens is 2. The molecule has 11 heteroatoms. The second-order valence-electron chi connectivity index (χ2n) is 10.4. The number of nitrogens with one attached hydrogen (secondary N) is 2. The summed E-state index contributed by atoms with van der Waals surface area (Å²) in [5.74, 6) is 2.40. The van der Waals surface area contributed by atoms with Gasteiger partial charge in [-0.05, 0) is 68.1 Å². The quantitative estimate of drug-likeness (QED) is 0.428. The zero-order valence-corrected chi connectivity index (χ0v) is 22.3. The second-order valence-corrected chi connectivity index (χ2v) is 12.6. The summed E-state index contributed by atoms with van der Waals surface area (Å²) in [5, 5.41) is 7.13. The molecular formula is C25H33ClN5O4P. The van der Waals surface area contributed by atoms with Crippen LogP contribution in [0.2, 0.25) is 5.02 Å². The number of fused-ring (bicyclic) bond motifs is 1. The average Bonchev–Trinajstić information content (AvgIpc) is 3.44. The number of piperidine rings is 1. The van der Waals surface area contributed by atoms with Crippen LogP contribution in [0.15, 0.2) is 24.4 Å². The molecule has 1 amide bonds. The minimum atomic E-state index is -3.51. The van der Waals surface area contributed by atoms with Crippen LogP contribution in [-0.2, 0) is 15.6 Å². The summed E-state index contributed by atoms with van der Waals surface area (Å²) in [7, 11) is -3.51. The van der Waals surface area contributed by atoms with Crippen molar-refractivity contribution in [1.29, 1.82) is 0 Å². The molecule has 3 fully saturated rings. The molecule has 1 saturated heterocycles. The topological polar surface area (TPSA) is 117 Å². The van der Waals surface area contributed by atoms with Crippen LogP contribution >= 0.6 is 19.2 Å². The lowest BCUT2D eigenvalue weighted by molar-refractivity contribution is 0.0882. The van der Waals surface area contributed by atoms with E-state index in [1.165, 1.54) is 13.1 Å². The smallest absolute Gasteiger partial charge is 0.325 e. The molecule has 3 N–H and O–H groups in total. The maximum Gasteiger partial charge on any atom is 0.325 e. The van der Waals surface area contributed by atoms with Crippen molar-refractivity contribution in [3.63, 3.8) is 0 Å². The Balaban J connectivity index is 1.28. The van der Waals surface area contributed by atoms with Gasteiger partial charge in [-0.15, -0.1) is 0 Å². The van der Waals surface area contributed by atoms with Gasteiger partial charge >= 0.3 is 7.60 Å². The molecule has 2 aromatic rings. The van der Waals surface area contributed by atoms with E-state index in [0.29, 0.717) is 54.6 Å². The van der Waals surface area contributed by atoms with Crippen molar-refractivity contribution in [2.75, 3.05) is 30.0 Å². The van der Waals surface area contributed by atoms with E-state index < -0.39 is 7.60 Å². The summed E-state index contributed by atoms with van der Waals surface area (Å²) in [5.41, 5.74) is 2.40. The number of anilines is 2. The van der Waals surface area contributed by atoms with Crippen LogP contribution in [0.5, 0.6) is 0 Å². The standard InChI is InChI=1S/C25H33ClN5O4P/c1-15-3-4-16(9-22(15)26)11-27-23-21(12-28-25(30-23)31-13-17-10-18(17)14-31)24(32)29-19-5-7-20(8-6-19)35-36(2,33)34/h3-4,9,12,17-20H,5-8,10-11,13-14H2,1-2H3,(H,29,32)(H,33,34)(H,27,28,30). The van der Waals surface area contributed by atoms with Crippen LogP contribution < -0.4 is 15.5 Å². The molecule has 3 aliphatic rings. The Hall–Kier alpha value is -2.19. The molecule has 1 aliphatic heterocycles. The van der Waals surface area contributed by atoms with E-state index in [1.807, 2.05) is 25.1 Å². The Kier molecular flexibility index (Phi) is 7.27. The first kappa shape index (κ1) is 25.5. The van der Waals surface area contributed by atoms with Gasteiger partial charge in [-0.25, -0.2) is 4.98 Å². The normalized spacial score (nSPS) is 26.7. The van der Waals surface area contributed by atoms with E-state index in [2.05, 4.69) is 20.5 Å². The second kappa shape index (κ2) is 10.3. The fourth-order valence-electron chi connectivity index (χ4n) is 5.17. The van der Waals surface area contributed by atoms with Crippen LogP contribution in [0.25, 0.3) is 0 Å². The lowest BCUT2D eigenvalue weighted by Gasteiger charge is -2.29. The Labute approximate surface area is 216 Å². The zero-order chi connectivity index (χ0) is 25.4. The van der Waals surface area contributed by atoms with Crippen molar-refractivity contribution >= 4 is 36.9 Å². The highest BCUT2D eigenvalue weighted by Gasteiger charge is 2.46. The number of halogens is 1.